The molecule has 4 nitrogen and oxygen atoms in total. The van der Waals surface area contributed by atoms with E-state index in [0.717, 1.165) is 37.5 Å². The van der Waals surface area contributed by atoms with Crippen LogP contribution < -0.4 is 15.5 Å². The maximum atomic E-state index is 6.33. The highest BCUT2D eigenvalue weighted by Crippen LogP contribution is 2.47. The lowest BCUT2D eigenvalue weighted by atomic mass is 9.89. The number of nitrogens with one attached hydrogen (secondary N) is 2. The molecule has 0 aromatic heterocycles. The predicted octanol–water partition coefficient (Wildman–Crippen LogP) is 4.40. The summed E-state index contributed by atoms with van der Waals surface area (Å²) >= 11 is 12.7. The third-order valence-electron chi connectivity index (χ3n) is 6.02. The molecule has 1 fully saturated rings. The molecule has 2 aromatic rings. The molecule has 0 radical (unpaired) electrons. The molecule has 0 spiro atoms. The fourth-order valence-electron chi connectivity index (χ4n) is 4.78. The van der Waals surface area contributed by atoms with Gasteiger partial charge in [0.1, 0.15) is 0 Å². The van der Waals surface area contributed by atoms with Crippen LogP contribution in [0.3, 0.4) is 0 Å². The number of hydrogen-bond acceptors (Lipinski definition) is 4. The number of benzene rings is 2. The van der Waals surface area contributed by atoms with Gasteiger partial charge in [0.25, 0.3) is 0 Å². The Morgan fingerprint density at radius 3 is 2.93 bits per heavy atom. The molecule has 2 N–H and O–H groups in total. The van der Waals surface area contributed by atoms with E-state index in [9.17, 15) is 0 Å². The molecule has 0 amide bonds. The van der Waals surface area contributed by atoms with Crippen LogP contribution in [0.5, 0.6) is 0 Å². The van der Waals surface area contributed by atoms with Crippen molar-refractivity contribution in [2.24, 2.45) is 0 Å². The van der Waals surface area contributed by atoms with Gasteiger partial charge in [0.05, 0.1) is 13.2 Å². The van der Waals surface area contributed by atoms with Crippen LogP contribution in [0.15, 0.2) is 30.3 Å². The normalized spacial score (nSPS) is 23.6. The Balaban J connectivity index is 1.48. The zero-order valence-corrected chi connectivity index (χ0v) is 16.6. The van der Waals surface area contributed by atoms with Crippen LogP contribution in [0.1, 0.15) is 29.0 Å². The van der Waals surface area contributed by atoms with Gasteiger partial charge in [-0.25, -0.2) is 0 Å². The summed E-state index contributed by atoms with van der Waals surface area (Å²) in [6.45, 7) is 5.21. The standard InChI is InChI=1S/C21H23Cl2N3O/c22-18-2-1-3-19(23)17(18)11-25-14-8-13-12-27-7-6-26-20-4-5-24-10-16(20)15(9-14)21(13)26/h1-3,8-9,16,20,24-25H,4-7,10-12H2/t16-,20-/m0/s1. The second-order valence-electron chi connectivity index (χ2n) is 7.54. The zero-order chi connectivity index (χ0) is 18.4. The monoisotopic (exact) mass is 403 g/mol. The average molecular weight is 404 g/mol. The van der Waals surface area contributed by atoms with E-state index < -0.39 is 0 Å². The van der Waals surface area contributed by atoms with Gasteiger partial charge in [-0.05, 0) is 42.8 Å². The first-order valence-electron chi connectivity index (χ1n) is 9.61. The van der Waals surface area contributed by atoms with Gasteiger partial charge < -0.3 is 20.3 Å². The summed E-state index contributed by atoms with van der Waals surface area (Å²) in [5.41, 5.74) is 6.18. The zero-order valence-electron chi connectivity index (χ0n) is 15.1. The van der Waals surface area contributed by atoms with Gasteiger partial charge in [-0.3, -0.25) is 0 Å². The third-order valence-corrected chi connectivity index (χ3v) is 6.72. The van der Waals surface area contributed by atoms with Crippen LogP contribution in [0.4, 0.5) is 11.4 Å². The van der Waals surface area contributed by atoms with Crippen molar-refractivity contribution < 1.29 is 4.74 Å². The number of piperidine rings is 1. The largest absolute Gasteiger partial charge is 0.381 e. The average Bonchev–Trinajstić information content (AvgIpc) is 2.83. The van der Waals surface area contributed by atoms with Gasteiger partial charge >= 0.3 is 0 Å². The highest BCUT2D eigenvalue weighted by molar-refractivity contribution is 6.36. The van der Waals surface area contributed by atoms with Crippen LogP contribution in [0.25, 0.3) is 0 Å². The summed E-state index contributed by atoms with van der Waals surface area (Å²) < 4.78 is 5.89. The van der Waals surface area contributed by atoms with Crippen LogP contribution >= 0.6 is 23.2 Å². The van der Waals surface area contributed by atoms with E-state index in [1.165, 1.54) is 23.2 Å². The molecule has 2 aromatic carbocycles. The Hall–Kier alpha value is -1.46. The smallest absolute Gasteiger partial charge is 0.0738 e. The first kappa shape index (κ1) is 17.6. The van der Waals surface area contributed by atoms with Crippen LogP contribution in [-0.2, 0) is 17.9 Å². The SMILES string of the molecule is Clc1cccc(Cl)c1CNc1cc2c3c(c1)[C@@H]1CNCC[C@@H]1N3CCOC2. The summed E-state index contributed by atoms with van der Waals surface area (Å²) in [7, 11) is 0. The number of rotatable bonds is 3. The molecule has 6 heteroatoms. The lowest BCUT2D eigenvalue weighted by Crippen LogP contribution is -2.44. The fourth-order valence-corrected chi connectivity index (χ4v) is 5.31. The van der Waals surface area contributed by atoms with E-state index in [2.05, 4.69) is 27.7 Å². The maximum absolute atomic E-state index is 6.33. The number of halogens is 2. The molecule has 142 valence electrons. The second-order valence-corrected chi connectivity index (χ2v) is 8.35. The van der Waals surface area contributed by atoms with E-state index in [1.54, 1.807) is 0 Å². The van der Waals surface area contributed by atoms with E-state index in [-0.39, 0.29) is 0 Å². The van der Waals surface area contributed by atoms with E-state index in [4.69, 9.17) is 27.9 Å². The molecule has 0 aliphatic carbocycles. The minimum atomic E-state index is 0.552. The summed E-state index contributed by atoms with van der Waals surface area (Å²) in [4.78, 5) is 2.60. The van der Waals surface area contributed by atoms with Gasteiger partial charge in [-0.2, -0.15) is 0 Å². The summed E-state index contributed by atoms with van der Waals surface area (Å²) in [6.07, 6.45) is 1.19. The molecular weight excluding hydrogens is 381 g/mol. The Morgan fingerprint density at radius 1 is 1.22 bits per heavy atom. The van der Waals surface area contributed by atoms with Crippen LogP contribution in [-0.4, -0.2) is 32.3 Å². The van der Waals surface area contributed by atoms with Crippen molar-refractivity contribution in [3.05, 3.63) is 57.1 Å². The molecule has 3 heterocycles. The first-order valence-corrected chi connectivity index (χ1v) is 10.4. The Bertz CT molecular complexity index is 852. The highest BCUT2D eigenvalue weighted by atomic mass is 35.5. The fraction of sp³-hybridized carbons (Fsp3) is 0.429. The lowest BCUT2D eigenvalue weighted by molar-refractivity contribution is 0.130. The van der Waals surface area contributed by atoms with Gasteiger partial charge in [0.2, 0.25) is 0 Å². The van der Waals surface area contributed by atoms with E-state index in [0.29, 0.717) is 35.2 Å². The highest BCUT2D eigenvalue weighted by Gasteiger charge is 2.41. The maximum Gasteiger partial charge on any atom is 0.0738 e. The minimum absolute atomic E-state index is 0.552. The Morgan fingerprint density at radius 2 is 2.07 bits per heavy atom. The quantitative estimate of drug-likeness (QED) is 0.795. The minimum Gasteiger partial charge on any atom is -0.381 e. The molecule has 1 saturated heterocycles. The van der Waals surface area contributed by atoms with E-state index >= 15 is 0 Å². The molecule has 2 atom stereocenters. The van der Waals surface area contributed by atoms with Gasteiger partial charge in [-0.15, -0.1) is 0 Å². The van der Waals surface area contributed by atoms with Crippen molar-refractivity contribution in [1.29, 1.82) is 0 Å². The predicted molar refractivity (Wildman–Crippen MR) is 111 cm³/mol. The number of anilines is 2. The Kier molecular flexibility index (Phi) is 4.68. The number of nitrogens with zero attached hydrogens (tertiary/aromatic N) is 1. The van der Waals surface area contributed by atoms with Crippen molar-refractivity contribution in [3.8, 4) is 0 Å². The molecule has 3 aliphatic heterocycles. The molecule has 3 aliphatic rings. The van der Waals surface area contributed by atoms with Crippen molar-refractivity contribution in [3.63, 3.8) is 0 Å². The molecule has 27 heavy (non-hydrogen) atoms. The van der Waals surface area contributed by atoms with Gasteiger partial charge in [-0.1, -0.05) is 29.3 Å². The summed E-state index contributed by atoms with van der Waals surface area (Å²) in [6, 6.07) is 10.8. The van der Waals surface area contributed by atoms with E-state index in [1.807, 2.05) is 18.2 Å². The van der Waals surface area contributed by atoms with Gasteiger partial charge in [0.15, 0.2) is 0 Å². The summed E-state index contributed by atoms with van der Waals surface area (Å²) in [5.74, 6) is 0.552. The molecule has 0 saturated carbocycles. The molecule has 0 bridgehead atoms. The number of fused-ring (bicyclic) bond motifs is 3. The van der Waals surface area contributed by atoms with Crippen molar-refractivity contribution >= 4 is 34.6 Å². The number of ether oxygens (including phenoxy) is 1. The topological polar surface area (TPSA) is 36.5 Å². The van der Waals surface area contributed by atoms with Crippen molar-refractivity contribution in [1.82, 2.24) is 5.32 Å². The summed E-state index contributed by atoms with van der Waals surface area (Å²) in [5, 5.41) is 8.50. The first-order chi connectivity index (χ1) is 13.2. The molecule has 0 unspecified atom stereocenters. The second kappa shape index (κ2) is 7.17. The Labute approximate surface area is 169 Å². The van der Waals surface area contributed by atoms with Crippen molar-refractivity contribution in [2.45, 2.75) is 31.5 Å². The lowest BCUT2D eigenvalue weighted by Gasteiger charge is -2.33. The molecule has 5 rings (SSSR count). The van der Waals surface area contributed by atoms with Gasteiger partial charge in [0, 0.05) is 64.1 Å². The molecular formula is C21H23Cl2N3O. The van der Waals surface area contributed by atoms with Crippen LogP contribution in [0.2, 0.25) is 10.0 Å². The van der Waals surface area contributed by atoms with Crippen LogP contribution in [0, 0.1) is 0 Å². The number of hydrogen-bond donors (Lipinski definition) is 2. The third kappa shape index (κ3) is 3.09. The van der Waals surface area contributed by atoms with Crippen molar-refractivity contribution in [2.75, 3.05) is 36.5 Å².